The minimum absolute atomic E-state index is 0. The van der Waals surface area contributed by atoms with Crippen molar-refractivity contribution in [3.8, 4) is 5.88 Å². The number of aromatic nitrogens is 1. The van der Waals surface area contributed by atoms with E-state index < -0.39 is 0 Å². The molecular formula is C12H20Cl3N3O2. The van der Waals surface area contributed by atoms with E-state index in [4.69, 9.17) is 16.3 Å². The van der Waals surface area contributed by atoms with Gasteiger partial charge in [-0.3, -0.25) is 4.79 Å². The first-order chi connectivity index (χ1) is 8.74. The number of rotatable bonds is 8. The average molecular weight is 345 g/mol. The lowest BCUT2D eigenvalue weighted by Crippen LogP contribution is -2.28. The van der Waals surface area contributed by atoms with Gasteiger partial charge in [0.15, 0.2) is 0 Å². The van der Waals surface area contributed by atoms with Crippen molar-refractivity contribution >= 4 is 42.3 Å². The Labute approximate surface area is 136 Å². The molecule has 0 aromatic carbocycles. The van der Waals surface area contributed by atoms with Crippen LogP contribution >= 0.6 is 36.4 Å². The van der Waals surface area contributed by atoms with Crippen LogP contribution in [0.25, 0.3) is 0 Å². The van der Waals surface area contributed by atoms with Crippen LogP contribution in [-0.2, 0) is 4.79 Å². The zero-order valence-electron chi connectivity index (χ0n) is 11.2. The second kappa shape index (κ2) is 13.2. The van der Waals surface area contributed by atoms with Gasteiger partial charge in [0.2, 0.25) is 11.8 Å². The highest BCUT2D eigenvalue weighted by Gasteiger charge is 2.02. The van der Waals surface area contributed by atoms with Gasteiger partial charge in [0.05, 0.1) is 6.54 Å². The highest BCUT2D eigenvalue weighted by atomic mass is 35.5. The molecule has 5 nitrogen and oxygen atoms in total. The van der Waals surface area contributed by atoms with Gasteiger partial charge in [-0.2, -0.15) is 0 Å². The summed E-state index contributed by atoms with van der Waals surface area (Å²) in [5.74, 6) is 0.421. The van der Waals surface area contributed by atoms with Crippen LogP contribution < -0.4 is 15.4 Å². The maximum atomic E-state index is 11.4. The third kappa shape index (κ3) is 9.20. The van der Waals surface area contributed by atoms with Gasteiger partial charge in [0.1, 0.15) is 11.6 Å². The molecule has 0 saturated heterocycles. The molecule has 8 heteroatoms. The molecule has 0 radical (unpaired) electrons. The largest absolute Gasteiger partial charge is 0.475 e. The average Bonchev–Trinajstić information content (AvgIpc) is 2.37. The number of pyridine rings is 1. The molecule has 2 N–H and O–H groups in total. The summed E-state index contributed by atoms with van der Waals surface area (Å²) in [6.45, 7) is 1.65. The monoisotopic (exact) mass is 343 g/mol. The number of carbonyl (C=O) groups excluding carboxylic acids is 1. The topological polar surface area (TPSA) is 63.2 Å². The van der Waals surface area contributed by atoms with Crippen LogP contribution in [0.15, 0.2) is 18.3 Å². The molecule has 1 heterocycles. The first kappa shape index (κ1) is 21.5. The van der Waals surface area contributed by atoms with Crippen molar-refractivity contribution in [2.24, 2.45) is 0 Å². The summed E-state index contributed by atoms with van der Waals surface area (Å²) >= 11 is 5.87. The number of nitrogens with one attached hydrogen (secondary N) is 2. The molecule has 1 amide bonds. The summed E-state index contributed by atoms with van der Waals surface area (Å²) in [7, 11) is 1.86. The molecule has 0 aliphatic rings. The second-order valence-electron chi connectivity index (χ2n) is 3.70. The molecular weight excluding hydrogens is 325 g/mol. The summed E-state index contributed by atoms with van der Waals surface area (Å²) in [4.78, 5) is 15.3. The summed E-state index contributed by atoms with van der Waals surface area (Å²) in [5, 5.41) is 6.23. The van der Waals surface area contributed by atoms with Crippen molar-refractivity contribution in [3.63, 3.8) is 0 Å². The molecule has 0 unspecified atom stereocenters. The van der Waals surface area contributed by atoms with Gasteiger partial charge >= 0.3 is 0 Å². The highest BCUT2D eigenvalue weighted by molar-refractivity contribution is 6.31. The summed E-state index contributed by atoms with van der Waals surface area (Å²) in [6, 6.07) is 3.44. The number of nitrogens with zero attached hydrogens (tertiary/aromatic N) is 1. The van der Waals surface area contributed by atoms with Crippen molar-refractivity contribution < 1.29 is 9.53 Å². The molecule has 1 aromatic rings. The molecule has 0 aliphatic heterocycles. The minimum atomic E-state index is 0. The molecule has 0 bridgehead atoms. The van der Waals surface area contributed by atoms with Gasteiger partial charge in [-0.1, -0.05) is 11.6 Å². The molecule has 0 atom stereocenters. The molecule has 20 heavy (non-hydrogen) atoms. The standard InChI is InChI=1S/C12H18ClN3O2.2ClH/c1-14-6-3-5-11(17)15-8-9-18-12-10(13)4-2-7-16-12;;/h2,4,7,14H,3,5-6,8-9H2,1H3,(H,15,17);2*1H. The Morgan fingerprint density at radius 3 is 2.80 bits per heavy atom. The number of carbonyl (C=O) groups is 1. The molecule has 1 rings (SSSR count). The fourth-order valence-electron chi connectivity index (χ4n) is 1.33. The van der Waals surface area contributed by atoms with E-state index in [1.807, 2.05) is 7.05 Å². The quantitative estimate of drug-likeness (QED) is 0.709. The van der Waals surface area contributed by atoms with Crippen molar-refractivity contribution in [3.05, 3.63) is 23.4 Å². The second-order valence-corrected chi connectivity index (χ2v) is 4.10. The molecule has 116 valence electrons. The number of ether oxygens (including phenoxy) is 1. The molecule has 0 aliphatic carbocycles. The minimum Gasteiger partial charge on any atom is -0.475 e. The zero-order chi connectivity index (χ0) is 13.2. The SMILES string of the molecule is CNCCCC(=O)NCCOc1ncccc1Cl.Cl.Cl. The summed E-state index contributed by atoms with van der Waals surface area (Å²) < 4.78 is 5.34. The van der Waals surface area contributed by atoms with E-state index >= 15 is 0 Å². The fraction of sp³-hybridized carbons (Fsp3) is 0.500. The Balaban J connectivity index is 0. The molecule has 0 spiro atoms. The van der Waals surface area contributed by atoms with E-state index in [0.717, 1.165) is 13.0 Å². The smallest absolute Gasteiger partial charge is 0.232 e. The Morgan fingerprint density at radius 1 is 1.40 bits per heavy atom. The predicted octanol–water partition coefficient (Wildman–Crippen LogP) is 2.07. The number of hydrogen-bond acceptors (Lipinski definition) is 4. The Bertz CT molecular complexity index is 381. The lowest BCUT2D eigenvalue weighted by molar-refractivity contribution is -0.121. The van der Waals surface area contributed by atoms with Gasteiger partial charge in [-0.15, -0.1) is 24.8 Å². The molecule has 0 saturated carbocycles. The van der Waals surface area contributed by atoms with Crippen LogP contribution in [0.4, 0.5) is 0 Å². The van der Waals surface area contributed by atoms with E-state index in [1.54, 1.807) is 18.3 Å². The van der Waals surface area contributed by atoms with Crippen LogP contribution in [0.1, 0.15) is 12.8 Å². The summed E-state index contributed by atoms with van der Waals surface area (Å²) in [6.07, 6.45) is 2.96. The van der Waals surface area contributed by atoms with E-state index in [2.05, 4.69) is 15.6 Å². The van der Waals surface area contributed by atoms with Crippen molar-refractivity contribution in [2.45, 2.75) is 12.8 Å². The molecule has 0 fully saturated rings. The maximum absolute atomic E-state index is 11.4. The van der Waals surface area contributed by atoms with Gasteiger partial charge in [-0.25, -0.2) is 4.98 Å². The van der Waals surface area contributed by atoms with Crippen molar-refractivity contribution in [1.29, 1.82) is 0 Å². The third-order valence-corrected chi connectivity index (χ3v) is 2.51. The Hall–Kier alpha value is -0.750. The van der Waals surface area contributed by atoms with E-state index in [9.17, 15) is 4.79 Å². The van der Waals surface area contributed by atoms with Gasteiger partial charge in [0.25, 0.3) is 0 Å². The third-order valence-electron chi connectivity index (χ3n) is 2.22. The number of hydrogen-bond donors (Lipinski definition) is 2. The first-order valence-corrected chi connectivity index (χ1v) is 6.26. The van der Waals surface area contributed by atoms with Crippen LogP contribution in [0, 0.1) is 0 Å². The normalized spacial score (nSPS) is 9.10. The van der Waals surface area contributed by atoms with Crippen LogP contribution in [0.2, 0.25) is 5.02 Å². The highest BCUT2D eigenvalue weighted by Crippen LogP contribution is 2.19. The van der Waals surface area contributed by atoms with Crippen LogP contribution in [-0.4, -0.2) is 37.6 Å². The van der Waals surface area contributed by atoms with Crippen LogP contribution in [0.5, 0.6) is 5.88 Å². The van der Waals surface area contributed by atoms with Gasteiger partial charge in [0, 0.05) is 12.6 Å². The lowest BCUT2D eigenvalue weighted by Gasteiger charge is -2.07. The Kier molecular flexibility index (Phi) is 14.3. The number of amides is 1. The predicted molar refractivity (Wildman–Crippen MR) is 85.4 cm³/mol. The summed E-state index contributed by atoms with van der Waals surface area (Å²) in [5.41, 5.74) is 0. The van der Waals surface area contributed by atoms with E-state index in [0.29, 0.717) is 30.5 Å². The first-order valence-electron chi connectivity index (χ1n) is 5.88. The van der Waals surface area contributed by atoms with Crippen molar-refractivity contribution in [2.75, 3.05) is 26.7 Å². The Morgan fingerprint density at radius 2 is 2.15 bits per heavy atom. The van der Waals surface area contributed by atoms with Crippen molar-refractivity contribution in [1.82, 2.24) is 15.6 Å². The maximum Gasteiger partial charge on any atom is 0.232 e. The molecule has 1 aromatic heterocycles. The number of halogens is 3. The van der Waals surface area contributed by atoms with E-state index in [-0.39, 0.29) is 30.7 Å². The van der Waals surface area contributed by atoms with Crippen LogP contribution in [0.3, 0.4) is 0 Å². The van der Waals surface area contributed by atoms with E-state index in [1.165, 1.54) is 0 Å². The fourth-order valence-corrected chi connectivity index (χ4v) is 1.51. The zero-order valence-corrected chi connectivity index (χ0v) is 13.6. The lowest BCUT2D eigenvalue weighted by atomic mass is 10.3. The van der Waals surface area contributed by atoms with Gasteiger partial charge in [-0.05, 0) is 32.1 Å². The van der Waals surface area contributed by atoms with Gasteiger partial charge < -0.3 is 15.4 Å².